The van der Waals surface area contributed by atoms with Gasteiger partial charge in [0.2, 0.25) is 0 Å². The highest BCUT2D eigenvalue weighted by Gasteiger charge is 2.23. The van der Waals surface area contributed by atoms with Crippen molar-refractivity contribution in [3.05, 3.63) is 23.9 Å². The first-order valence-electron chi connectivity index (χ1n) is 9.89. The summed E-state index contributed by atoms with van der Waals surface area (Å²) in [5.74, 6) is 1.76. The third kappa shape index (κ3) is 5.34. The number of hydrogen-bond donors (Lipinski definition) is 2. The maximum absolute atomic E-state index is 12.1. The van der Waals surface area contributed by atoms with Crippen LogP contribution in [0.15, 0.2) is 18.3 Å². The van der Waals surface area contributed by atoms with Gasteiger partial charge in [0.25, 0.3) is 0 Å². The van der Waals surface area contributed by atoms with Crippen molar-refractivity contribution in [2.45, 2.75) is 71.2 Å². The molecule has 2 N–H and O–H groups in total. The molecular formula is C20H32N4O2. The van der Waals surface area contributed by atoms with Crippen molar-refractivity contribution in [1.82, 2.24) is 15.6 Å². The van der Waals surface area contributed by atoms with Crippen molar-refractivity contribution >= 4 is 11.8 Å². The number of rotatable bonds is 4. The highest BCUT2D eigenvalue weighted by molar-refractivity contribution is 5.74. The van der Waals surface area contributed by atoms with Crippen LogP contribution in [0, 0.1) is 5.92 Å². The second-order valence-electron chi connectivity index (χ2n) is 7.97. The van der Waals surface area contributed by atoms with Gasteiger partial charge in [-0.05, 0) is 57.1 Å². The zero-order valence-corrected chi connectivity index (χ0v) is 16.2. The molecule has 0 bridgehead atoms. The molecule has 144 valence electrons. The zero-order valence-electron chi connectivity index (χ0n) is 16.2. The van der Waals surface area contributed by atoms with Crippen LogP contribution in [0.5, 0.6) is 0 Å². The van der Waals surface area contributed by atoms with Crippen molar-refractivity contribution in [3.63, 3.8) is 0 Å². The summed E-state index contributed by atoms with van der Waals surface area (Å²) in [6.45, 7) is 8.68. The van der Waals surface area contributed by atoms with Crippen LogP contribution in [0.1, 0.15) is 52.0 Å². The maximum Gasteiger partial charge on any atom is 0.315 e. The molecule has 26 heavy (non-hydrogen) atoms. The van der Waals surface area contributed by atoms with Gasteiger partial charge in [0.1, 0.15) is 5.82 Å². The van der Waals surface area contributed by atoms with Crippen LogP contribution in [0.4, 0.5) is 10.6 Å². The number of carbonyl (C=O) groups is 1. The van der Waals surface area contributed by atoms with Gasteiger partial charge in [-0.25, -0.2) is 9.78 Å². The Kier molecular flexibility index (Phi) is 6.35. The van der Waals surface area contributed by atoms with Crippen molar-refractivity contribution in [2.24, 2.45) is 5.92 Å². The molecule has 1 aromatic rings. The minimum Gasteiger partial charge on any atom is -0.372 e. The zero-order chi connectivity index (χ0) is 18.5. The second-order valence-corrected chi connectivity index (χ2v) is 7.97. The predicted octanol–water partition coefficient (Wildman–Crippen LogP) is 3.07. The summed E-state index contributed by atoms with van der Waals surface area (Å²) >= 11 is 0. The lowest BCUT2D eigenvalue weighted by Gasteiger charge is -2.36. The number of morpholine rings is 1. The molecule has 0 spiro atoms. The standard InChI is InChI=1S/C20H32N4O2/c1-14-4-7-18(8-5-14)23-20(25)22-11-17-6-9-19(21-10-17)24-12-15(2)26-16(3)13-24/h6,9-10,14-16,18H,4-5,7-8,11-13H2,1-3H3,(H2,22,23,25). The van der Waals surface area contributed by atoms with E-state index in [4.69, 9.17) is 4.74 Å². The number of hydrogen-bond acceptors (Lipinski definition) is 4. The lowest BCUT2D eigenvalue weighted by atomic mass is 9.87. The van der Waals surface area contributed by atoms with E-state index in [0.29, 0.717) is 12.6 Å². The summed E-state index contributed by atoms with van der Waals surface area (Å²) in [5.41, 5.74) is 1.01. The molecule has 2 heterocycles. The fourth-order valence-corrected chi connectivity index (χ4v) is 3.90. The normalized spacial score (nSPS) is 29.3. The van der Waals surface area contributed by atoms with E-state index in [-0.39, 0.29) is 18.2 Å². The molecule has 1 aliphatic carbocycles. The van der Waals surface area contributed by atoms with Crippen LogP contribution < -0.4 is 15.5 Å². The van der Waals surface area contributed by atoms with E-state index in [1.165, 1.54) is 12.8 Å². The molecule has 1 aromatic heterocycles. The van der Waals surface area contributed by atoms with E-state index in [2.05, 4.69) is 41.3 Å². The highest BCUT2D eigenvalue weighted by Crippen LogP contribution is 2.23. The van der Waals surface area contributed by atoms with Gasteiger partial charge in [-0.15, -0.1) is 0 Å². The molecule has 1 saturated carbocycles. The minimum absolute atomic E-state index is 0.0792. The van der Waals surface area contributed by atoms with Crippen LogP contribution in [0.2, 0.25) is 0 Å². The highest BCUT2D eigenvalue weighted by atomic mass is 16.5. The number of aromatic nitrogens is 1. The summed E-state index contributed by atoms with van der Waals surface area (Å²) in [5, 5.41) is 6.04. The average Bonchev–Trinajstić information content (AvgIpc) is 2.61. The van der Waals surface area contributed by atoms with E-state index in [1.54, 1.807) is 0 Å². The van der Waals surface area contributed by atoms with E-state index >= 15 is 0 Å². The van der Waals surface area contributed by atoms with E-state index in [9.17, 15) is 4.79 Å². The predicted molar refractivity (Wildman–Crippen MR) is 103 cm³/mol. The number of urea groups is 1. The smallest absolute Gasteiger partial charge is 0.315 e. The van der Waals surface area contributed by atoms with Gasteiger partial charge in [-0.1, -0.05) is 13.0 Å². The third-order valence-corrected chi connectivity index (χ3v) is 5.36. The van der Waals surface area contributed by atoms with Crippen molar-refractivity contribution < 1.29 is 9.53 Å². The van der Waals surface area contributed by atoms with Crippen LogP contribution in [0.3, 0.4) is 0 Å². The molecule has 2 atom stereocenters. The topological polar surface area (TPSA) is 66.5 Å². The minimum atomic E-state index is -0.0792. The molecule has 2 fully saturated rings. The molecule has 3 rings (SSSR count). The van der Waals surface area contributed by atoms with Crippen molar-refractivity contribution in [2.75, 3.05) is 18.0 Å². The van der Waals surface area contributed by atoms with Crippen LogP contribution in [-0.4, -0.2) is 42.4 Å². The van der Waals surface area contributed by atoms with Crippen LogP contribution in [-0.2, 0) is 11.3 Å². The molecule has 2 unspecified atom stereocenters. The molecule has 2 aliphatic rings. The van der Waals surface area contributed by atoms with Gasteiger partial charge in [0.05, 0.1) is 12.2 Å². The molecule has 6 heteroatoms. The summed E-state index contributed by atoms with van der Waals surface area (Å²) in [6.07, 6.45) is 6.86. The van der Waals surface area contributed by atoms with Gasteiger partial charge in [0.15, 0.2) is 0 Å². The van der Waals surface area contributed by atoms with Gasteiger partial charge in [-0.3, -0.25) is 0 Å². The van der Waals surface area contributed by atoms with E-state index < -0.39 is 0 Å². The fourth-order valence-electron chi connectivity index (χ4n) is 3.90. The number of nitrogens with zero attached hydrogens (tertiary/aromatic N) is 2. The number of amides is 2. The van der Waals surface area contributed by atoms with Crippen molar-refractivity contribution in [3.8, 4) is 0 Å². The quantitative estimate of drug-likeness (QED) is 0.866. The maximum atomic E-state index is 12.1. The Bertz CT molecular complexity index is 574. The first kappa shape index (κ1) is 19.0. The van der Waals surface area contributed by atoms with Gasteiger partial charge < -0.3 is 20.3 Å². The Morgan fingerprint density at radius 2 is 1.85 bits per heavy atom. The molecule has 6 nitrogen and oxygen atoms in total. The Morgan fingerprint density at radius 3 is 2.46 bits per heavy atom. The first-order chi connectivity index (χ1) is 12.5. The summed E-state index contributed by atoms with van der Waals surface area (Å²) in [7, 11) is 0. The summed E-state index contributed by atoms with van der Waals surface area (Å²) < 4.78 is 5.77. The number of ether oxygens (including phenoxy) is 1. The lowest BCUT2D eigenvalue weighted by molar-refractivity contribution is -0.00546. The van der Waals surface area contributed by atoms with Crippen LogP contribution >= 0.6 is 0 Å². The van der Waals surface area contributed by atoms with E-state index in [1.807, 2.05) is 18.3 Å². The van der Waals surface area contributed by atoms with Crippen LogP contribution in [0.25, 0.3) is 0 Å². The average molecular weight is 361 g/mol. The Morgan fingerprint density at radius 1 is 1.15 bits per heavy atom. The Balaban J connectivity index is 1.44. The van der Waals surface area contributed by atoms with Crippen molar-refractivity contribution in [1.29, 1.82) is 0 Å². The fraction of sp³-hybridized carbons (Fsp3) is 0.700. The largest absolute Gasteiger partial charge is 0.372 e. The monoisotopic (exact) mass is 360 g/mol. The van der Waals surface area contributed by atoms with E-state index in [0.717, 1.165) is 43.2 Å². The number of pyridine rings is 1. The molecule has 0 aromatic carbocycles. The van der Waals surface area contributed by atoms with Gasteiger partial charge in [0, 0.05) is 31.9 Å². The Labute approximate surface area is 156 Å². The van der Waals surface area contributed by atoms with Gasteiger partial charge in [-0.2, -0.15) is 0 Å². The first-order valence-corrected chi connectivity index (χ1v) is 9.89. The second kappa shape index (κ2) is 8.71. The molecule has 2 amide bonds. The third-order valence-electron chi connectivity index (χ3n) is 5.36. The molecule has 0 radical (unpaired) electrons. The molecule has 1 saturated heterocycles. The number of anilines is 1. The van der Waals surface area contributed by atoms with Gasteiger partial charge >= 0.3 is 6.03 Å². The summed E-state index contributed by atoms with van der Waals surface area (Å²) in [6, 6.07) is 4.30. The number of carbonyl (C=O) groups excluding carboxylic acids is 1. The Hall–Kier alpha value is -1.82. The molecule has 1 aliphatic heterocycles. The number of nitrogens with one attached hydrogen (secondary N) is 2. The molecular weight excluding hydrogens is 328 g/mol. The lowest BCUT2D eigenvalue weighted by Crippen LogP contribution is -2.45. The SMILES string of the molecule is CC1CCC(NC(=O)NCc2ccc(N3CC(C)OC(C)C3)nc2)CC1. The summed E-state index contributed by atoms with van der Waals surface area (Å²) in [4.78, 5) is 18.9.